The van der Waals surface area contributed by atoms with Crippen LogP contribution in [0.5, 0.6) is 0 Å². The maximum Gasteiger partial charge on any atom is 0.128 e. The number of rotatable bonds is 0. The van der Waals surface area contributed by atoms with Crippen LogP contribution in [-0.4, -0.2) is 4.98 Å². The van der Waals surface area contributed by atoms with Crippen molar-refractivity contribution in [2.75, 3.05) is 11.5 Å². The monoisotopic (exact) mass is 137 g/mol. The van der Waals surface area contributed by atoms with Gasteiger partial charge in [0.1, 0.15) is 11.6 Å². The van der Waals surface area contributed by atoms with Gasteiger partial charge < -0.3 is 11.5 Å². The number of nitrogens with zero attached hydrogens (tertiary/aromatic N) is 1. The largest absolute Gasteiger partial charge is 0.383 e. The molecule has 0 amide bonds. The summed E-state index contributed by atoms with van der Waals surface area (Å²) < 4.78 is 0. The van der Waals surface area contributed by atoms with E-state index in [0.717, 1.165) is 11.1 Å². The zero-order valence-corrected chi connectivity index (χ0v) is 6.18. The third kappa shape index (κ3) is 1.03. The lowest BCUT2D eigenvalue weighted by atomic mass is 10.2. The standard InChI is InChI=1S/C7H11N3/c1-4-3-5(2)7(9)10-6(4)8/h3H,1-2H3,(H4,8,9,10). The molecule has 4 N–H and O–H groups in total. The van der Waals surface area contributed by atoms with Gasteiger partial charge in [-0.3, -0.25) is 0 Å². The normalized spacial score (nSPS) is 9.80. The lowest BCUT2D eigenvalue weighted by Gasteiger charge is -2.02. The van der Waals surface area contributed by atoms with Crippen LogP contribution in [0.3, 0.4) is 0 Å². The Labute approximate surface area is 60.1 Å². The van der Waals surface area contributed by atoms with Gasteiger partial charge in [-0.05, 0) is 31.0 Å². The van der Waals surface area contributed by atoms with E-state index < -0.39 is 0 Å². The van der Waals surface area contributed by atoms with Gasteiger partial charge in [0.15, 0.2) is 0 Å². The van der Waals surface area contributed by atoms with Crippen LogP contribution in [0.25, 0.3) is 0 Å². The summed E-state index contributed by atoms with van der Waals surface area (Å²) in [4.78, 5) is 3.93. The predicted molar refractivity (Wildman–Crippen MR) is 42.5 cm³/mol. The summed E-state index contributed by atoms with van der Waals surface area (Å²) in [6, 6.07) is 1.93. The Kier molecular flexibility index (Phi) is 1.49. The summed E-state index contributed by atoms with van der Waals surface area (Å²) in [6.45, 7) is 3.82. The van der Waals surface area contributed by atoms with Crippen LogP contribution >= 0.6 is 0 Å². The van der Waals surface area contributed by atoms with Crippen molar-refractivity contribution in [1.82, 2.24) is 4.98 Å². The Morgan fingerprint density at radius 3 is 1.80 bits per heavy atom. The van der Waals surface area contributed by atoms with E-state index in [2.05, 4.69) is 4.98 Å². The molecule has 0 aromatic carbocycles. The first kappa shape index (κ1) is 6.86. The zero-order chi connectivity index (χ0) is 7.72. The highest BCUT2D eigenvalue weighted by atomic mass is 14.9. The van der Waals surface area contributed by atoms with Crippen molar-refractivity contribution in [1.29, 1.82) is 0 Å². The van der Waals surface area contributed by atoms with Crippen LogP contribution in [0.1, 0.15) is 11.1 Å². The Morgan fingerprint density at radius 2 is 1.50 bits per heavy atom. The van der Waals surface area contributed by atoms with Crippen molar-refractivity contribution in [3.63, 3.8) is 0 Å². The van der Waals surface area contributed by atoms with Gasteiger partial charge in [0.05, 0.1) is 0 Å². The van der Waals surface area contributed by atoms with Gasteiger partial charge in [-0.2, -0.15) is 0 Å². The van der Waals surface area contributed by atoms with Crippen molar-refractivity contribution < 1.29 is 0 Å². The summed E-state index contributed by atoms with van der Waals surface area (Å²) in [7, 11) is 0. The molecule has 1 heterocycles. The molecular formula is C7H11N3. The smallest absolute Gasteiger partial charge is 0.128 e. The van der Waals surface area contributed by atoms with E-state index in [1.54, 1.807) is 0 Å². The highest BCUT2D eigenvalue weighted by Crippen LogP contribution is 2.13. The minimum Gasteiger partial charge on any atom is -0.383 e. The number of nitrogen functional groups attached to an aromatic ring is 2. The molecule has 0 aliphatic rings. The molecule has 0 atom stereocenters. The summed E-state index contributed by atoms with van der Waals surface area (Å²) in [5.41, 5.74) is 13.0. The third-order valence-corrected chi connectivity index (χ3v) is 1.48. The van der Waals surface area contributed by atoms with Gasteiger partial charge >= 0.3 is 0 Å². The highest BCUT2D eigenvalue weighted by Gasteiger charge is 1.98. The zero-order valence-electron chi connectivity index (χ0n) is 6.18. The molecule has 0 radical (unpaired) electrons. The molecule has 0 bridgehead atoms. The second-order valence-corrected chi connectivity index (χ2v) is 2.39. The van der Waals surface area contributed by atoms with E-state index in [4.69, 9.17) is 11.5 Å². The second-order valence-electron chi connectivity index (χ2n) is 2.39. The van der Waals surface area contributed by atoms with Gasteiger partial charge in [-0.15, -0.1) is 0 Å². The average Bonchev–Trinajstić information content (AvgIpc) is 1.84. The number of aryl methyl sites for hydroxylation is 2. The minimum atomic E-state index is 0.517. The molecule has 3 nitrogen and oxygen atoms in total. The molecule has 0 spiro atoms. The van der Waals surface area contributed by atoms with E-state index in [1.807, 2.05) is 19.9 Å². The molecule has 1 rings (SSSR count). The molecule has 1 aromatic heterocycles. The average molecular weight is 137 g/mol. The van der Waals surface area contributed by atoms with E-state index in [1.165, 1.54) is 0 Å². The van der Waals surface area contributed by atoms with Gasteiger partial charge in [-0.25, -0.2) is 4.98 Å². The lowest BCUT2D eigenvalue weighted by molar-refractivity contribution is 1.24. The van der Waals surface area contributed by atoms with Crippen molar-refractivity contribution in [2.24, 2.45) is 0 Å². The van der Waals surface area contributed by atoms with Crippen molar-refractivity contribution >= 4 is 11.6 Å². The van der Waals surface area contributed by atoms with E-state index in [-0.39, 0.29) is 0 Å². The van der Waals surface area contributed by atoms with Crippen LogP contribution in [0, 0.1) is 13.8 Å². The third-order valence-electron chi connectivity index (χ3n) is 1.48. The Balaban J connectivity index is 3.28. The SMILES string of the molecule is Cc1cc(C)c(N)nc1N. The number of aromatic nitrogens is 1. The number of nitrogens with two attached hydrogens (primary N) is 2. The molecule has 0 saturated heterocycles. The van der Waals surface area contributed by atoms with E-state index in [9.17, 15) is 0 Å². The lowest BCUT2D eigenvalue weighted by Crippen LogP contribution is -2.00. The molecule has 0 aliphatic carbocycles. The Morgan fingerprint density at radius 1 is 1.10 bits per heavy atom. The van der Waals surface area contributed by atoms with Crippen LogP contribution in [0.2, 0.25) is 0 Å². The summed E-state index contributed by atoms with van der Waals surface area (Å²) in [5, 5.41) is 0. The van der Waals surface area contributed by atoms with Crippen molar-refractivity contribution in [2.45, 2.75) is 13.8 Å². The van der Waals surface area contributed by atoms with Gasteiger partial charge in [0.25, 0.3) is 0 Å². The molecular weight excluding hydrogens is 126 g/mol. The predicted octanol–water partition coefficient (Wildman–Crippen LogP) is 0.863. The van der Waals surface area contributed by atoms with E-state index >= 15 is 0 Å². The van der Waals surface area contributed by atoms with Gasteiger partial charge in [0.2, 0.25) is 0 Å². The number of hydrogen-bond acceptors (Lipinski definition) is 3. The van der Waals surface area contributed by atoms with Crippen LogP contribution < -0.4 is 11.5 Å². The first-order valence-corrected chi connectivity index (χ1v) is 3.10. The maximum atomic E-state index is 5.50. The molecule has 10 heavy (non-hydrogen) atoms. The maximum absolute atomic E-state index is 5.50. The molecule has 0 aliphatic heterocycles. The van der Waals surface area contributed by atoms with E-state index in [0.29, 0.717) is 11.6 Å². The number of pyridine rings is 1. The Bertz CT molecular complexity index is 205. The first-order valence-electron chi connectivity index (χ1n) is 3.10. The topological polar surface area (TPSA) is 64.9 Å². The quantitative estimate of drug-likeness (QED) is 0.557. The molecule has 0 unspecified atom stereocenters. The molecule has 0 saturated carbocycles. The fourth-order valence-electron chi connectivity index (χ4n) is 0.779. The van der Waals surface area contributed by atoms with Gasteiger partial charge in [-0.1, -0.05) is 0 Å². The van der Waals surface area contributed by atoms with Gasteiger partial charge in [0, 0.05) is 0 Å². The molecule has 1 aromatic rings. The second kappa shape index (κ2) is 2.17. The van der Waals surface area contributed by atoms with Crippen molar-refractivity contribution in [3.05, 3.63) is 17.2 Å². The van der Waals surface area contributed by atoms with Crippen LogP contribution in [-0.2, 0) is 0 Å². The molecule has 3 heteroatoms. The highest BCUT2D eigenvalue weighted by molar-refractivity contribution is 5.50. The number of anilines is 2. The van der Waals surface area contributed by atoms with Crippen LogP contribution in [0.4, 0.5) is 11.6 Å². The summed E-state index contributed by atoms with van der Waals surface area (Å²) in [5.74, 6) is 1.03. The fourth-order valence-corrected chi connectivity index (χ4v) is 0.779. The fraction of sp³-hybridized carbons (Fsp3) is 0.286. The summed E-state index contributed by atoms with van der Waals surface area (Å²) in [6.07, 6.45) is 0. The minimum absolute atomic E-state index is 0.517. The first-order chi connectivity index (χ1) is 4.61. The molecule has 54 valence electrons. The van der Waals surface area contributed by atoms with Crippen molar-refractivity contribution in [3.8, 4) is 0 Å². The molecule has 0 fully saturated rings. The summed E-state index contributed by atoms with van der Waals surface area (Å²) >= 11 is 0. The number of hydrogen-bond donors (Lipinski definition) is 2. The Hall–Kier alpha value is -1.25. The van der Waals surface area contributed by atoms with Crippen LogP contribution in [0.15, 0.2) is 6.07 Å².